The predicted octanol–water partition coefficient (Wildman–Crippen LogP) is 6.76. The summed E-state index contributed by atoms with van der Waals surface area (Å²) in [5, 5.41) is 10.8. The lowest BCUT2D eigenvalue weighted by Crippen LogP contribution is -2.11. The summed E-state index contributed by atoms with van der Waals surface area (Å²) in [6.07, 6.45) is 6.89. The molecule has 5 aromatic heterocycles. The largest absolute Gasteiger partial charge is 0.335 e. The van der Waals surface area contributed by atoms with Crippen LogP contribution < -0.4 is 5.32 Å². The zero-order valence-corrected chi connectivity index (χ0v) is 22.5. The van der Waals surface area contributed by atoms with Crippen LogP contribution in [0.15, 0.2) is 55.0 Å². The fourth-order valence-electron chi connectivity index (χ4n) is 4.56. The number of imidazole rings is 1. The molecule has 5 heterocycles. The zero-order valence-electron chi connectivity index (χ0n) is 21.7. The van der Waals surface area contributed by atoms with E-state index in [4.69, 9.17) is 0 Å². The Labute approximate surface area is 231 Å². The molecule has 11 heteroatoms. The first-order chi connectivity index (χ1) is 19.4. The minimum Gasteiger partial charge on any atom is -0.335 e. The highest BCUT2D eigenvalue weighted by atomic mass is 32.1. The van der Waals surface area contributed by atoms with Gasteiger partial charge in [-0.15, -0.1) is 11.3 Å². The van der Waals surface area contributed by atoms with E-state index in [9.17, 15) is 9.59 Å². The van der Waals surface area contributed by atoms with Crippen LogP contribution in [0.2, 0.25) is 0 Å². The van der Waals surface area contributed by atoms with E-state index >= 15 is 4.39 Å². The number of thiophene rings is 1. The van der Waals surface area contributed by atoms with Gasteiger partial charge in [-0.2, -0.15) is 5.10 Å². The molecule has 9 nitrogen and oxygen atoms in total. The Morgan fingerprint density at radius 3 is 2.77 bits per heavy atom. The van der Waals surface area contributed by atoms with E-state index in [0.717, 1.165) is 23.3 Å². The minimum absolute atomic E-state index is 0.0116. The van der Waals surface area contributed by atoms with Gasteiger partial charge in [-0.1, -0.05) is 13.3 Å². The summed E-state index contributed by atoms with van der Waals surface area (Å²) in [4.78, 5) is 42.2. The summed E-state index contributed by atoms with van der Waals surface area (Å²) >= 11 is 1.41. The lowest BCUT2D eigenvalue weighted by atomic mass is 10.0. The number of rotatable bonds is 8. The van der Waals surface area contributed by atoms with E-state index < -0.39 is 5.82 Å². The molecule has 0 spiro atoms. The van der Waals surface area contributed by atoms with Crippen molar-refractivity contribution in [3.63, 3.8) is 0 Å². The van der Waals surface area contributed by atoms with Crippen molar-refractivity contribution in [2.24, 2.45) is 0 Å². The summed E-state index contributed by atoms with van der Waals surface area (Å²) in [6, 6.07) is 10.4. The third-order valence-electron chi connectivity index (χ3n) is 6.58. The molecule has 0 unspecified atom stereocenters. The van der Waals surface area contributed by atoms with Gasteiger partial charge >= 0.3 is 0 Å². The number of anilines is 1. The molecule has 0 saturated heterocycles. The van der Waals surface area contributed by atoms with Crippen molar-refractivity contribution >= 4 is 50.8 Å². The molecular weight excluding hydrogens is 529 g/mol. The number of nitrogens with one attached hydrogen (secondary N) is 3. The normalized spacial score (nSPS) is 11.4. The summed E-state index contributed by atoms with van der Waals surface area (Å²) in [5.74, 6) is -0.0760. The average molecular weight is 554 g/mol. The molecule has 200 valence electrons. The Kier molecular flexibility index (Phi) is 6.64. The quantitative estimate of drug-likeness (QED) is 0.179. The van der Waals surface area contributed by atoms with Crippen molar-refractivity contribution in [3.8, 4) is 33.1 Å². The number of nitrogens with zero attached hydrogens (tertiary/aromatic N) is 4. The number of carbonyl (C=O) groups excluding carboxylic acids is 2. The SMILES string of the molecule is CCCCC(=O)Nc1cncc(-c2cc3c(-c4nc5nccc(-c6ccc(C(C)=O)s6)c5[nH]4)n[nH]c3cc2F)c1. The Morgan fingerprint density at radius 2 is 1.98 bits per heavy atom. The van der Waals surface area contributed by atoms with Crippen LogP contribution in [0.25, 0.3) is 55.2 Å². The molecule has 1 amide bonds. The van der Waals surface area contributed by atoms with E-state index in [2.05, 4.69) is 35.5 Å². The van der Waals surface area contributed by atoms with E-state index in [0.29, 0.717) is 61.7 Å². The van der Waals surface area contributed by atoms with Gasteiger partial charge in [0.25, 0.3) is 0 Å². The molecule has 6 aromatic rings. The van der Waals surface area contributed by atoms with Crippen molar-refractivity contribution in [3.05, 3.63) is 65.7 Å². The highest BCUT2D eigenvalue weighted by Gasteiger charge is 2.19. The number of halogens is 1. The van der Waals surface area contributed by atoms with Crippen molar-refractivity contribution in [2.45, 2.75) is 33.1 Å². The van der Waals surface area contributed by atoms with Gasteiger partial charge in [-0.05, 0) is 43.7 Å². The lowest BCUT2D eigenvalue weighted by molar-refractivity contribution is -0.116. The monoisotopic (exact) mass is 553 g/mol. The predicted molar refractivity (Wildman–Crippen MR) is 154 cm³/mol. The third-order valence-corrected chi connectivity index (χ3v) is 7.80. The van der Waals surface area contributed by atoms with Gasteiger partial charge in [0.2, 0.25) is 5.91 Å². The van der Waals surface area contributed by atoms with Crippen LogP contribution in [-0.4, -0.2) is 41.8 Å². The molecule has 0 aliphatic carbocycles. The molecule has 1 aromatic carbocycles. The number of Topliss-reactive ketones (excluding diaryl/α,β-unsaturated/α-hetero) is 1. The summed E-state index contributed by atoms with van der Waals surface area (Å²) in [7, 11) is 0. The van der Waals surface area contributed by atoms with Crippen LogP contribution in [0.3, 0.4) is 0 Å². The van der Waals surface area contributed by atoms with Crippen LogP contribution in [0.5, 0.6) is 0 Å². The van der Waals surface area contributed by atoms with Gasteiger partial charge in [0.05, 0.1) is 27.8 Å². The number of fused-ring (bicyclic) bond motifs is 2. The highest BCUT2D eigenvalue weighted by Crippen LogP contribution is 2.36. The average Bonchev–Trinajstić information content (AvgIpc) is 3.69. The van der Waals surface area contributed by atoms with Crippen LogP contribution in [0.1, 0.15) is 42.8 Å². The molecule has 0 saturated carbocycles. The van der Waals surface area contributed by atoms with Gasteiger partial charge in [0.15, 0.2) is 17.3 Å². The van der Waals surface area contributed by atoms with Gasteiger partial charge in [-0.3, -0.25) is 19.7 Å². The molecule has 0 aliphatic heterocycles. The lowest BCUT2D eigenvalue weighted by Gasteiger charge is -2.08. The molecule has 0 aliphatic rings. The Bertz CT molecular complexity index is 1910. The molecule has 0 fully saturated rings. The van der Waals surface area contributed by atoms with Crippen LogP contribution in [-0.2, 0) is 4.79 Å². The number of aromatic amines is 2. The zero-order chi connectivity index (χ0) is 27.8. The Balaban J connectivity index is 1.39. The van der Waals surface area contributed by atoms with Crippen LogP contribution >= 0.6 is 11.3 Å². The number of pyridine rings is 2. The number of H-pyrrole nitrogens is 2. The Hall–Kier alpha value is -4.77. The number of benzene rings is 1. The molecule has 0 radical (unpaired) electrons. The first kappa shape index (κ1) is 25.5. The maximum absolute atomic E-state index is 15.2. The minimum atomic E-state index is -0.452. The second kappa shape index (κ2) is 10.4. The summed E-state index contributed by atoms with van der Waals surface area (Å²) in [5.41, 5.74) is 4.44. The maximum atomic E-state index is 15.2. The Morgan fingerprint density at radius 1 is 1.10 bits per heavy atom. The molecule has 3 N–H and O–H groups in total. The molecule has 0 atom stereocenters. The van der Waals surface area contributed by atoms with Crippen LogP contribution in [0, 0.1) is 5.82 Å². The van der Waals surface area contributed by atoms with Gasteiger partial charge in [-0.25, -0.2) is 14.4 Å². The smallest absolute Gasteiger partial charge is 0.224 e. The number of aromatic nitrogens is 6. The standard InChI is InChI=1S/C29H24FN7O2S/c1-3-4-5-25(39)33-17-10-16(13-31-14-17)19-11-20-22(12-21(19)30)36-37-27(20)29-34-26-18(8-9-32-28(26)35-29)24-7-6-23(40-24)15(2)38/h6-14H,3-5H2,1-2H3,(H,33,39)(H,36,37)(H,32,34,35). The third kappa shape index (κ3) is 4.75. The molecule has 0 bridgehead atoms. The van der Waals surface area contributed by atoms with E-state index in [1.54, 1.807) is 37.6 Å². The van der Waals surface area contributed by atoms with Crippen molar-refractivity contribution < 1.29 is 14.0 Å². The molecule has 40 heavy (non-hydrogen) atoms. The fraction of sp³-hybridized carbons (Fsp3) is 0.172. The van der Waals surface area contributed by atoms with Gasteiger partial charge < -0.3 is 10.3 Å². The number of ketones is 1. The summed E-state index contributed by atoms with van der Waals surface area (Å²) < 4.78 is 15.2. The maximum Gasteiger partial charge on any atom is 0.224 e. The number of hydrogen-bond acceptors (Lipinski definition) is 7. The van der Waals surface area contributed by atoms with Crippen molar-refractivity contribution in [1.29, 1.82) is 0 Å². The number of unbranched alkanes of at least 4 members (excludes halogenated alkanes) is 1. The first-order valence-corrected chi connectivity index (χ1v) is 13.6. The number of carbonyl (C=O) groups is 2. The first-order valence-electron chi connectivity index (χ1n) is 12.8. The number of amides is 1. The molecule has 6 rings (SSSR count). The van der Waals surface area contributed by atoms with Gasteiger partial charge in [0, 0.05) is 51.8 Å². The van der Waals surface area contributed by atoms with E-state index in [1.807, 2.05) is 25.1 Å². The van der Waals surface area contributed by atoms with Crippen LogP contribution in [0.4, 0.5) is 10.1 Å². The van der Waals surface area contributed by atoms with Gasteiger partial charge in [0.1, 0.15) is 11.5 Å². The topological polar surface area (TPSA) is 129 Å². The fourth-order valence-corrected chi connectivity index (χ4v) is 5.49. The molecular formula is C29H24FN7O2S. The number of hydrogen-bond donors (Lipinski definition) is 3. The second-order valence-electron chi connectivity index (χ2n) is 9.43. The van der Waals surface area contributed by atoms with E-state index in [1.165, 1.54) is 17.4 Å². The highest BCUT2D eigenvalue weighted by molar-refractivity contribution is 7.17. The second-order valence-corrected chi connectivity index (χ2v) is 10.5. The van der Waals surface area contributed by atoms with Crippen molar-refractivity contribution in [2.75, 3.05) is 5.32 Å². The van der Waals surface area contributed by atoms with Crippen molar-refractivity contribution in [1.82, 2.24) is 30.1 Å². The van der Waals surface area contributed by atoms with E-state index in [-0.39, 0.29) is 11.7 Å². The summed E-state index contributed by atoms with van der Waals surface area (Å²) in [6.45, 7) is 3.57.